The molecule has 3 heterocycles. The van der Waals surface area contributed by atoms with Gasteiger partial charge in [-0.15, -0.1) is 0 Å². The highest BCUT2D eigenvalue weighted by molar-refractivity contribution is 5.96. The van der Waals surface area contributed by atoms with Crippen LogP contribution in [-0.4, -0.2) is 30.5 Å². The van der Waals surface area contributed by atoms with E-state index in [1.165, 1.54) is 5.56 Å². The van der Waals surface area contributed by atoms with Gasteiger partial charge in [-0.2, -0.15) is 10.2 Å². The van der Waals surface area contributed by atoms with Crippen LogP contribution >= 0.6 is 0 Å². The molecule has 0 atom stereocenters. The number of hydrogen-bond acceptors (Lipinski definition) is 4. The minimum absolute atomic E-state index is 0.0560. The Morgan fingerprint density at radius 2 is 1.73 bits per heavy atom. The third-order valence-corrected chi connectivity index (χ3v) is 5.56. The summed E-state index contributed by atoms with van der Waals surface area (Å²) in [5.41, 5.74) is 6.05. The zero-order chi connectivity index (χ0) is 22.8. The molecule has 1 N–H and O–H groups in total. The van der Waals surface area contributed by atoms with Crippen molar-refractivity contribution in [2.24, 2.45) is 0 Å². The molecule has 7 heteroatoms. The van der Waals surface area contributed by atoms with Crippen molar-refractivity contribution < 1.29 is 4.79 Å². The van der Waals surface area contributed by atoms with Gasteiger partial charge in [-0.25, -0.2) is 9.67 Å². The molecule has 0 radical (unpaired) electrons. The second-order valence-corrected chi connectivity index (χ2v) is 8.10. The first-order valence-electron chi connectivity index (χ1n) is 10.8. The number of anilines is 1. The van der Waals surface area contributed by atoms with Gasteiger partial charge in [0.2, 0.25) is 5.91 Å². The fourth-order valence-corrected chi connectivity index (χ4v) is 3.97. The molecule has 0 aliphatic carbocycles. The van der Waals surface area contributed by atoms with Gasteiger partial charge >= 0.3 is 0 Å². The van der Waals surface area contributed by atoms with Gasteiger partial charge in [0, 0.05) is 23.8 Å². The molecule has 0 unspecified atom stereocenters. The molecule has 164 valence electrons. The molecule has 0 fully saturated rings. The number of aromatic nitrogens is 5. The van der Waals surface area contributed by atoms with Crippen molar-refractivity contribution in [2.75, 3.05) is 5.32 Å². The van der Waals surface area contributed by atoms with Gasteiger partial charge in [0.05, 0.1) is 12.2 Å². The lowest BCUT2D eigenvalue weighted by molar-refractivity contribution is -0.116. The Morgan fingerprint density at radius 3 is 2.52 bits per heavy atom. The molecule has 0 bridgehead atoms. The van der Waals surface area contributed by atoms with E-state index in [1.807, 2.05) is 37.4 Å². The van der Waals surface area contributed by atoms with Crippen LogP contribution in [0.4, 0.5) is 5.82 Å². The number of amides is 1. The Hall–Kier alpha value is -4.26. The summed E-state index contributed by atoms with van der Waals surface area (Å²) in [5, 5.41) is 12.9. The normalized spacial score (nSPS) is 11.1. The lowest BCUT2D eigenvalue weighted by Crippen LogP contribution is -2.20. The molecule has 3 aromatic heterocycles. The lowest BCUT2D eigenvalue weighted by atomic mass is 10.0. The second-order valence-electron chi connectivity index (χ2n) is 8.10. The van der Waals surface area contributed by atoms with E-state index < -0.39 is 0 Å². The van der Waals surface area contributed by atoms with Crippen LogP contribution in [0, 0.1) is 13.8 Å². The fraction of sp³-hybridized carbons (Fsp3) is 0.154. The zero-order valence-electron chi connectivity index (χ0n) is 18.6. The molecule has 0 aliphatic heterocycles. The Kier molecular flexibility index (Phi) is 5.44. The van der Waals surface area contributed by atoms with Crippen LogP contribution in [0.5, 0.6) is 0 Å². The second kappa shape index (κ2) is 8.70. The van der Waals surface area contributed by atoms with Crippen molar-refractivity contribution in [2.45, 2.75) is 26.9 Å². The molecule has 5 rings (SSSR count). The van der Waals surface area contributed by atoms with Crippen LogP contribution < -0.4 is 5.32 Å². The molecule has 2 aromatic carbocycles. The van der Waals surface area contributed by atoms with E-state index in [2.05, 4.69) is 63.8 Å². The van der Waals surface area contributed by atoms with Crippen molar-refractivity contribution in [1.82, 2.24) is 24.5 Å². The number of aryl methyl sites for hydroxylation is 2. The van der Waals surface area contributed by atoms with E-state index in [9.17, 15) is 4.79 Å². The smallest absolute Gasteiger partial charge is 0.247 e. The average Bonchev–Trinajstić information content (AvgIpc) is 3.39. The van der Waals surface area contributed by atoms with E-state index in [0.29, 0.717) is 18.0 Å². The highest BCUT2D eigenvalue weighted by Crippen LogP contribution is 2.29. The van der Waals surface area contributed by atoms with Gasteiger partial charge < -0.3 is 5.32 Å². The molecular weight excluding hydrogens is 412 g/mol. The monoisotopic (exact) mass is 436 g/mol. The van der Waals surface area contributed by atoms with Crippen LogP contribution in [0.2, 0.25) is 0 Å². The molecule has 0 spiro atoms. The highest BCUT2D eigenvalue weighted by Gasteiger charge is 2.16. The molecule has 7 nitrogen and oxygen atoms in total. The number of nitrogens with zero attached hydrogens (tertiary/aromatic N) is 5. The Bertz CT molecular complexity index is 1420. The maximum atomic E-state index is 12.7. The molecular formula is C26H24N6O. The fourth-order valence-electron chi connectivity index (χ4n) is 3.97. The first kappa shape index (κ1) is 20.6. The average molecular weight is 437 g/mol. The van der Waals surface area contributed by atoms with Gasteiger partial charge in [-0.3, -0.25) is 9.48 Å². The first-order chi connectivity index (χ1) is 16.1. The zero-order valence-corrected chi connectivity index (χ0v) is 18.6. The van der Waals surface area contributed by atoms with Crippen molar-refractivity contribution in [3.05, 3.63) is 95.9 Å². The number of rotatable bonds is 6. The predicted molar refractivity (Wildman–Crippen MR) is 129 cm³/mol. The number of carbonyl (C=O) groups is 1. The van der Waals surface area contributed by atoms with E-state index in [0.717, 1.165) is 27.8 Å². The van der Waals surface area contributed by atoms with Crippen LogP contribution in [0.25, 0.3) is 22.2 Å². The van der Waals surface area contributed by atoms with Crippen LogP contribution in [0.15, 0.2) is 79.1 Å². The summed E-state index contributed by atoms with van der Waals surface area (Å²) in [5.74, 6) is 0.310. The van der Waals surface area contributed by atoms with Gasteiger partial charge in [-0.1, -0.05) is 60.2 Å². The first-order valence-corrected chi connectivity index (χ1v) is 10.8. The van der Waals surface area contributed by atoms with Crippen molar-refractivity contribution in [3.8, 4) is 11.1 Å². The summed E-state index contributed by atoms with van der Waals surface area (Å²) < 4.78 is 3.46. The SMILES string of the molecule is Cc1ccc(Cn2ccc(NC(=O)Cn3nc(C)c4c(-c5ccccc5)ccnc43)n2)cc1. The maximum absolute atomic E-state index is 12.7. The van der Waals surface area contributed by atoms with E-state index >= 15 is 0 Å². The Labute approximate surface area is 191 Å². The highest BCUT2D eigenvalue weighted by atomic mass is 16.2. The van der Waals surface area contributed by atoms with Crippen molar-refractivity contribution in [3.63, 3.8) is 0 Å². The molecule has 33 heavy (non-hydrogen) atoms. The third kappa shape index (κ3) is 4.39. The van der Waals surface area contributed by atoms with Gasteiger partial charge in [0.1, 0.15) is 6.54 Å². The van der Waals surface area contributed by atoms with Crippen LogP contribution in [0.3, 0.4) is 0 Å². The maximum Gasteiger partial charge on any atom is 0.247 e. The largest absolute Gasteiger partial charge is 0.308 e. The number of benzene rings is 2. The van der Waals surface area contributed by atoms with Crippen molar-refractivity contribution >= 4 is 22.8 Å². The summed E-state index contributed by atoms with van der Waals surface area (Å²) in [4.78, 5) is 17.3. The van der Waals surface area contributed by atoms with E-state index in [4.69, 9.17) is 0 Å². The molecule has 0 aliphatic rings. The van der Waals surface area contributed by atoms with Gasteiger partial charge in [0.25, 0.3) is 0 Å². The standard InChI is InChI=1S/C26H24N6O/c1-18-8-10-20(11-9-18)16-31-15-13-23(30-31)28-24(33)17-32-26-25(19(2)29-32)22(12-14-27-26)21-6-4-3-5-7-21/h3-15H,16-17H2,1-2H3,(H,28,30,33). The van der Waals surface area contributed by atoms with E-state index in [-0.39, 0.29) is 12.5 Å². The van der Waals surface area contributed by atoms with E-state index in [1.54, 1.807) is 21.6 Å². The summed E-state index contributed by atoms with van der Waals surface area (Å²) in [6.07, 6.45) is 3.61. The summed E-state index contributed by atoms with van der Waals surface area (Å²) in [6, 6.07) is 22.2. The number of carbonyl (C=O) groups excluding carboxylic acids is 1. The molecule has 5 aromatic rings. The predicted octanol–water partition coefficient (Wildman–Crippen LogP) is 4.60. The minimum Gasteiger partial charge on any atom is -0.308 e. The topological polar surface area (TPSA) is 77.6 Å². The number of pyridine rings is 1. The third-order valence-electron chi connectivity index (χ3n) is 5.56. The van der Waals surface area contributed by atoms with Gasteiger partial charge in [-0.05, 0) is 36.6 Å². The van der Waals surface area contributed by atoms with Crippen LogP contribution in [-0.2, 0) is 17.9 Å². The number of fused-ring (bicyclic) bond motifs is 1. The lowest BCUT2D eigenvalue weighted by Gasteiger charge is -2.06. The summed E-state index contributed by atoms with van der Waals surface area (Å²) >= 11 is 0. The van der Waals surface area contributed by atoms with Crippen LogP contribution in [0.1, 0.15) is 16.8 Å². The Morgan fingerprint density at radius 1 is 0.939 bits per heavy atom. The molecule has 1 amide bonds. The summed E-state index contributed by atoms with van der Waals surface area (Å²) in [6.45, 7) is 4.71. The number of nitrogens with one attached hydrogen (secondary N) is 1. The molecule has 0 saturated heterocycles. The quantitative estimate of drug-likeness (QED) is 0.422. The van der Waals surface area contributed by atoms with Gasteiger partial charge in [0.15, 0.2) is 11.5 Å². The van der Waals surface area contributed by atoms with Crippen molar-refractivity contribution in [1.29, 1.82) is 0 Å². The summed E-state index contributed by atoms with van der Waals surface area (Å²) in [7, 11) is 0. The Balaban J connectivity index is 1.32. The minimum atomic E-state index is -0.202. The number of hydrogen-bond donors (Lipinski definition) is 1. The molecule has 0 saturated carbocycles.